The van der Waals surface area contributed by atoms with E-state index in [9.17, 15) is 13.2 Å². The average molecular weight is 272 g/mol. The Kier molecular flexibility index (Phi) is 3.76. The Bertz CT molecular complexity index is 423. The summed E-state index contributed by atoms with van der Waals surface area (Å²) in [5.74, 6) is 0. The number of hydrogen-bond acceptors (Lipinski definition) is 2. The van der Waals surface area contributed by atoms with Crippen molar-refractivity contribution in [1.29, 1.82) is 0 Å². The molecule has 0 spiro atoms. The van der Waals surface area contributed by atoms with Crippen molar-refractivity contribution in [2.45, 2.75) is 20.0 Å². The number of anilines is 1. The van der Waals surface area contributed by atoms with Crippen LogP contribution in [0, 0.1) is 5.41 Å². The summed E-state index contributed by atoms with van der Waals surface area (Å²) in [5.41, 5.74) is 0.368. The predicted molar refractivity (Wildman–Crippen MR) is 70.3 cm³/mol. The van der Waals surface area contributed by atoms with Crippen LogP contribution in [-0.4, -0.2) is 26.2 Å². The molecule has 0 aromatic heterocycles. The van der Waals surface area contributed by atoms with E-state index in [1.807, 2.05) is 0 Å². The van der Waals surface area contributed by atoms with E-state index in [1.165, 1.54) is 0 Å². The monoisotopic (exact) mass is 272 g/mol. The van der Waals surface area contributed by atoms with Crippen molar-refractivity contribution in [3.63, 3.8) is 0 Å². The Morgan fingerprint density at radius 3 is 2.37 bits per heavy atom. The van der Waals surface area contributed by atoms with Crippen molar-refractivity contribution < 1.29 is 13.2 Å². The van der Waals surface area contributed by atoms with E-state index >= 15 is 0 Å². The number of alkyl halides is 3. The van der Waals surface area contributed by atoms with E-state index in [2.05, 4.69) is 24.1 Å². The molecule has 19 heavy (non-hydrogen) atoms. The second-order valence-electron chi connectivity index (χ2n) is 5.81. The van der Waals surface area contributed by atoms with Crippen LogP contribution < -0.4 is 10.2 Å². The first kappa shape index (κ1) is 14.2. The Morgan fingerprint density at radius 2 is 1.79 bits per heavy atom. The third kappa shape index (κ3) is 3.62. The van der Waals surface area contributed by atoms with Gasteiger partial charge < -0.3 is 10.2 Å². The van der Waals surface area contributed by atoms with Crippen molar-refractivity contribution in [3.8, 4) is 0 Å². The smallest absolute Gasteiger partial charge is 0.370 e. The molecule has 1 aromatic rings. The lowest BCUT2D eigenvalue weighted by Crippen LogP contribution is -2.35. The molecule has 0 bridgehead atoms. The van der Waals surface area contributed by atoms with Crippen LogP contribution in [0.3, 0.4) is 0 Å². The van der Waals surface area contributed by atoms with Gasteiger partial charge in [-0.15, -0.1) is 0 Å². The molecule has 0 saturated carbocycles. The van der Waals surface area contributed by atoms with Gasteiger partial charge in [-0.3, -0.25) is 0 Å². The van der Waals surface area contributed by atoms with E-state index in [-0.39, 0.29) is 5.41 Å². The van der Waals surface area contributed by atoms with Crippen molar-refractivity contribution in [2.24, 2.45) is 5.41 Å². The number of halogens is 3. The first-order valence-corrected chi connectivity index (χ1v) is 6.41. The fraction of sp³-hybridized carbons (Fsp3) is 0.571. The highest BCUT2D eigenvalue weighted by molar-refractivity contribution is 5.48. The van der Waals surface area contributed by atoms with E-state index in [0.717, 1.165) is 44.0 Å². The average Bonchev–Trinajstić information content (AvgIpc) is 2.49. The van der Waals surface area contributed by atoms with E-state index in [4.69, 9.17) is 0 Å². The Labute approximate surface area is 111 Å². The minimum Gasteiger partial charge on any atom is -0.370 e. The second kappa shape index (κ2) is 5.04. The SMILES string of the molecule is CC1(C)CNCCN(c2ccc(C(F)(F)F)cc2)C1. The number of nitrogens with zero attached hydrogens (tertiary/aromatic N) is 1. The second-order valence-corrected chi connectivity index (χ2v) is 5.81. The first-order chi connectivity index (χ1) is 8.78. The molecule has 1 heterocycles. The van der Waals surface area contributed by atoms with E-state index in [1.54, 1.807) is 12.1 Å². The summed E-state index contributed by atoms with van der Waals surface area (Å²) in [6.07, 6.45) is -4.27. The number of rotatable bonds is 1. The third-order valence-corrected chi connectivity index (χ3v) is 3.34. The lowest BCUT2D eigenvalue weighted by Gasteiger charge is -2.30. The molecular formula is C14H19F3N2. The van der Waals surface area contributed by atoms with Crippen molar-refractivity contribution in [1.82, 2.24) is 5.32 Å². The highest BCUT2D eigenvalue weighted by atomic mass is 19.4. The maximum Gasteiger partial charge on any atom is 0.416 e. The van der Waals surface area contributed by atoms with E-state index in [0.29, 0.717) is 0 Å². The van der Waals surface area contributed by atoms with Gasteiger partial charge in [0.05, 0.1) is 5.56 Å². The molecule has 0 atom stereocenters. The summed E-state index contributed by atoms with van der Waals surface area (Å²) in [6.45, 7) is 7.74. The molecule has 0 aliphatic carbocycles. The fourth-order valence-corrected chi connectivity index (χ4v) is 2.37. The van der Waals surface area contributed by atoms with Gasteiger partial charge in [-0.1, -0.05) is 13.8 Å². The maximum absolute atomic E-state index is 12.5. The molecule has 1 aliphatic heterocycles. The molecular weight excluding hydrogens is 253 g/mol. The molecule has 1 fully saturated rings. The molecule has 0 amide bonds. The zero-order chi connectivity index (χ0) is 14.1. The lowest BCUT2D eigenvalue weighted by molar-refractivity contribution is -0.137. The van der Waals surface area contributed by atoms with Crippen LogP contribution in [0.4, 0.5) is 18.9 Å². The van der Waals surface area contributed by atoms with Crippen LogP contribution in [0.25, 0.3) is 0 Å². The topological polar surface area (TPSA) is 15.3 Å². The molecule has 2 rings (SSSR count). The van der Waals surface area contributed by atoms with Crippen molar-refractivity contribution >= 4 is 5.69 Å². The van der Waals surface area contributed by atoms with Gasteiger partial charge in [0.1, 0.15) is 0 Å². The van der Waals surface area contributed by atoms with Gasteiger partial charge in [0.2, 0.25) is 0 Å². The van der Waals surface area contributed by atoms with Crippen LogP contribution >= 0.6 is 0 Å². The summed E-state index contributed by atoms with van der Waals surface area (Å²) < 4.78 is 37.6. The van der Waals surface area contributed by atoms with Crippen molar-refractivity contribution in [2.75, 3.05) is 31.1 Å². The molecule has 106 valence electrons. The fourth-order valence-electron chi connectivity index (χ4n) is 2.37. The summed E-state index contributed by atoms with van der Waals surface area (Å²) >= 11 is 0. The number of benzene rings is 1. The molecule has 5 heteroatoms. The lowest BCUT2D eigenvalue weighted by atomic mass is 9.93. The zero-order valence-corrected chi connectivity index (χ0v) is 11.2. The molecule has 1 aromatic carbocycles. The largest absolute Gasteiger partial charge is 0.416 e. The van der Waals surface area contributed by atoms with E-state index < -0.39 is 11.7 Å². The van der Waals surface area contributed by atoms with Crippen LogP contribution in [0.1, 0.15) is 19.4 Å². The number of nitrogens with one attached hydrogen (secondary N) is 1. The summed E-state index contributed by atoms with van der Waals surface area (Å²) in [4.78, 5) is 2.14. The van der Waals surface area contributed by atoms with Gasteiger partial charge in [-0.25, -0.2) is 0 Å². The van der Waals surface area contributed by atoms with Crippen molar-refractivity contribution in [3.05, 3.63) is 29.8 Å². The van der Waals surface area contributed by atoms with Gasteiger partial charge in [-0.2, -0.15) is 13.2 Å². The molecule has 1 N–H and O–H groups in total. The van der Waals surface area contributed by atoms with Crippen LogP contribution in [-0.2, 0) is 6.18 Å². The predicted octanol–water partition coefficient (Wildman–Crippen LogP) is 3.14. The van der Waals surface area contributed by atoms with Gasteiger partial charge in [0.15, 0.2) is 0 Å². The van der Waals surface area contributed by atoms with Gasteiger partial charge in [0.25, 0.3) is 0 Å². The number of hydrogen-bond donors (Lipinski definition) is 1. The minimum absolute atomic E-state index is 0.110. The van der Waals surface area contributed by atoms with Gasteiger partial charge in [-0.05, 0) is 29.7 Å². The Balaban J connectivity index is 2.17. The van der Waals surface area contributed by atoms with Crippen LogP contribution in [0.15, 0.2) is 24.3 Å². The van der Waals surface area contributed by atoms with Gasteiger partial charge in [0, 0.05) is 31.9 Å². The molecule has 2 nitrogen and oxygen atoms in total. The molecule has 0 radical (unpaired) electrons. The molecule has 1 aliphatic rings. The summed E-state index contributed by atoms with van der Waals surface area (Å²) in [7, 11) is 0. The first-order valence-electron chi connectivity index (χ1n) is 6.41. The highest BCUT2D eigenvalue weighted by Gasteiger charge is 2.30. The maximum atomic E-state index is 12.5. The molecule has 1 saturated heterocycles. The highest BCUT2D eigenvalue weighted by Crippen LogP contribution is 2.31. The molecule has 0 unspecified atom stereocenters. The normalized spacial score (nSPS) is 20.2. The Morgan fingerprint density at radius 1 is 1.16 bits per heavy atom. The van der Waals surface area contributed by atoms with Crippen LogP contribution in [0.5, 0.6) is 0 Å². The Hall–Kier alpha value is -1.23. The quantitative estimate of drug-likeness (QED) is 0.845. The standard InChI is InChI=1S/C14H19F3N2/c1-13(2)9-18-7-8-19(10-13)12-5-3-11(4-6-12)14(15,16)17/h3-6,18H,7-10H2,1-2H3. The van der Waals surface area contributed by atoms with Gasteiger partial charge >= 0.3 is 6.18 Å². The summed E-state index contributed by atoms with van der Waals surface area (Å²) in [6, 6.07) is 5.43. The zero-order valence-electron chi connectivity index (χ0n) is 11.2. The minimum atomic E-state index is -4.27. The third-order valence-electron chi connectivity index (χ3n) is 3.34. The van der Waals surface area contributed by atoms with Crippen LogP contribution in [0.2, 0.25) is 0 Å². The summed E-state index contributed by atoms with van der Waals surface area (Å²) in [5, 5.41) is 3.35.